The molecule has 0 saturated carbocycles. The predicted molar refractivity (Wildman–Crippen MR) is 96.2 cm³/mol. The summed E-state index contributed by atoms with van der Waals surface area (Å²) in [6.45, 7) is 1.92. The van der Waals surface area contributed by atoms with Crippen LogP contribution in [-0.4, -0.2) is 27.3 Å². The summed E-state index contributed by atoms with van der Waals surface area (Å²) >= 11 is 0. The zero-order valence-electron chi connectivity index (χ0n) is 14.3. The van der Waals surface area contributed by atoms with E-state index in [0.29, 0.717) is 25.0 Å². The molecule has 0 spiro atoms. The number of hydrogen-bond acceptors (Lipinski definition) is 4. The minimum absolute atomic E-state index is 0.0854. The van der Waals surface area contributed by atoms with Crippen LogP contribution in [0, 0.1) is 0 Å². The topological polar surface area (TPSA) is 93.1 Å². The van der Waals surface area contributed by atoms with E-state index in [1.165, 1.54) is 6.92 Å². The summed E-state index contributed by atoms with van der Waals surface area (Å²) in [4.78, 5) is 39.6. The minimum Gasteiger partial charge on any atom is -0.352 e. The highest BCUT2D eigenvalue weighted by Gasteiger charge is 2.30. The van der Waals surface area contributed by atoms with Crippen molar-refractivity contribution in [1.82, 2.24) is 20.2 Å². The summed E-state index contributed by atoms with van der Waals surface area (Å²) < 4.78 is 1.91. The molecule has 7 nitrogen and oxygen atoms in total. The Kier molecular flexibility index (Phi) is 3.91. The first-order chi connectivity index (χ1) is 12.5. The molecule has 0 aliphatic carbocycles. The van der Waals surface area contributed by atoms with Crippen molar-refractivity contribution in [2.45, 2.75) is 32.4 Å². The van der Waals surface area contributed by atoms with Gasteiger partial charge in [-0.15, -0.1) is 0 Å². The summed E-state index contributed by atoms with van der Waals surface area (Å²) in [6, 6.07) is 9.24. The second-order valence-electron chi connectivity index (χ2n) is 6.47. The number of carbonyl (C=O) groups is 3. The maximum absolute atomic E-state index is 12.4. The molecule has 4 rings (SSSR count). The summed E-state index contributed by atoms with van der Waals surface area (Å²) in [7, 11) is 0. The van der Waals surface area contributed by atoms with E-state index in [1.807, 2.05) is 34.9 Å². The fraction of sp³-hybridized carbons (Fsp3) is 0.263. The maximum Gasteiger partial charge on any atom is 0.249 e. The Bertz CT molecular complexity index is 1050. The number of piperidine rings is 1. The van der Waals surface area contributed by atoms with Crippen LogP contribution in [0.2, 0.25) is 0 Å². The number of nitrogens with zero attached hydrogens (tertiary/aromatic N) is 2. The van der Waals surface area contributed by atoms with Gasteiger partial charge in [-0.05, 0) is 36.2 Å². The number of pyridine rings is 1. The Hall–Kier alpha value is -3.22. The number of amides is 3. The van der Waals surface area contributed by atoms with Gasteiger partial charge in [-0.2, -0.15) is 0 Å². The SMILES string of the molecule is CC(=O)NCc1ccc2c(c1)c1cccnc1n2C1CCC(=O)NC1=O. The van der Waals surface area contributed by atoms with E-state index in [4.69, 9.17) is 0 Å². The first kappa shape index (κ1) is 16.3. The smallest absolute Gasteiger partial charge is 0.249 e. The van der Waals surface area contributed by atoms with Gasteiger partial charge in [0.25, 0.3) is 0 Å². The molecule has 3 aromatic rings. The van der Waals surface area contributed by atoms with Crippen LogP contribution in [0.25, 0.3) is 21.9 Å². The molecule has 132 valence electrons. The average Bonchev–Trinajstić information content (AvgIpc) is 2.94. The molecule has 3 amide bonds. The lowest BCUT2D eigenvalue weighted by molar-refractivity contribution is -0.135. The molecule has 1 fully saturated rings. The van der Waals surface area contributed by atoms with Crippen molar-refractivity contribution in [3.05, 3.63) is 42.1 Å². The van der Waals surface area contributed by atoms with Crippen LogP contribution < -0.4 is 10.6 Å². The van der Waals surface area contributed by atoms with Gasteiger partial charge < -0.3 is 9.88 Å². The number of fused-ring (bicyclic) bond motifs is 3. The molecular formula is C19H18N4O3. The number of benzene rings is 1. The molecule has 0 radical (unpaired) electrons. The fourth-order valence-corrected chi connectivity index (χ4v) is 3.50. The first-order valence-electron chi connectivity index (χ1n) is 8.50. The minimum atomic E-state index is -0.469. The third-order valence-electron chi connectivity index (χ3n) is 4.69. The number of hydrogen-bond donors (Lipinski definition) is 2. The lowest BCUT2D eigenvalue weighted by Gasteiger charge is -2.23. The van der Waals surface area contributed by atoms with E-state index in [1.54, 1.807) is 6.20 Å². The highest BCUT2D eigenvalue weighted by molar-refractivity contribution is 6.09. The van der Waals surface area contributed by atoms with Crippen molar-refractivity contribution in [3.8, 4) is 0 Å². The van der Waals surface area contributed by atoms with Gasteiger partial charge in [0.15, 0.2) is 0 Å². The van der Waals surface area contributed by atoms with Crippen molar-refractivity contribution < 1.29 is 14.4 Å². The quantitative estimate of drug-likeness (QED) is 0.705. The van der Waals surface area contributed by atoms with Gasteiger partial charge in [-0.3, -0.25) is 19.7 Å². The highest BCUT2D eigenvalue weighted by Crippen LogP contribution is 2.33. The van der Waals surface area contributed by atoms with Crippen LogP contribution in [0.5, 0.6) is 0 Å². The number of nitrogens with one attached hydrogen (secondary N) is 2. The van der Waals surface area contributed by atoms with Crippen molar-refractivity contribution in [1.29, 1.82) is 0 Å². The largest absolute Gasteiger partial charge is 0.352 e. The van der Waals surface area contributed by atoms with Gasteiger partial charge in [0.1, 0.15) is 11.7 Å². The second-order valence-corrected chi connectivity index (χ2v) is 6.47. The molecule has 1 saturated heterocycles. The number of imide groups is 1. The Morgan fingerprint density at radius 1 is 1.31 bits per heavy atom. The number of aromatic nitrogens is 2. The van der Waals surface area contributed by atoms with Gasteiger partial charge in [0, 0.05) is 36.9 Å². The fourth-order valence-electron chi connectivity index (χ4n) is 3.50. The van der Waals surface area contributed by atoms with E-state index in [9.17, 15) is 14.4 Å². The van der Waals surface area contributed by atoms with E-state index in [0.717, 1.165) is 21.9 Å². The molecule has 1 aromatic carbocycles. The Morgan fingerprint density at radius 2 is 2.15 bits per heavy atom. The zero-order valence-corrected chi connectivity index (χ0v) is 14.3. The van der Waals surface area contributed by atoms with Crippen molar-refractivity contribution >= 4 is 39.7 Å². The van der Waals surface area contributed by atoms with E-state index in [2.05, 4.69) is 15.6 Å². The van der Waals surface area contributed by atoms with Gasteiger partial charge >= 0.3 is 0 Å². The van der Waals surface area contributed by atoms with Crippen molar-refractivity contribution in [2.24, 2.45) is 0 Å². The standard InChI is InChI=1S/C19H18N4O3/c1-11(24)21-10-12-4-5-15-14(9-12)13-3-2-8-20-18(13)23(15)16-6-7-17(25)22-19(16)26/h2-5,8-9,16H,6-7,10H2,1H3,(H,21,24)(H,22,25,26). The third-order valence-corrected chi connectivity index (χ3v) is 4.69. The normalized spacial score (nSPS) is 17.5. The van der Waals surface area contributed by atoms with Gasteiger partial charge in [-0.1, -0.05) is 6.07 Å². The van der Waals surface area contributed by atoms with E-state index >= 15 is 0 Å². The number of rotatable bonds is 3. The zero-order chi connectivity index (χ0) is 18.3. The Morgan fingerprint density at radius 3 is 2.92 bits per heavy atom. The second kappa shape index (κ2) is 6.25. The molecule has 1 unspecified atom stereocenters. The molecule has 1 aliphatic rings. The van der Waals surface area contributed by atoms with E-state index in [-0.39, 0.29) is 17.7 Å². The average molecular weight is 350 g/mol. The lowest BCUT2D eigenvalue weighted by Crippen LogP contribution is -2.41. The summed E-state index contributed by atoms with van der Waals surface area (Å²) in [5, 5.41) is 7.13. The molecule has 7 heteroatoms. The molecule has 0 bridgehead atoms. The van der Waals surface area contributed by atoms with Crippen LogP contribution >= 0.6 is 0 Å². The lowest BCUT2D eigenvalue weighted by atomic mass is 10.1. The van der Waals surface area contributed by atoms with Crippen LogP contribution in [0.1, 0.15) is 31.4 Å². The molecule has 2 aromatic heterocycles. The van der Waals surface area contributed by atoms with Crippen molar-refractivity contribution in [3.63, 3.8) is 0 Å². The van der Waals surface area contributed by atoms with Gasteiger partial charge in [-0.25, -0.2) is 4.98 Å². The molecule has 3 heterocycles. The van der Waals surface area contributed by atoms with Gasteiger partial charge in [0.2, 0.25) is 17.7 Å². The Balaban J connectivity index is 1.87. The molecular weight excluding hydrogens is 332 g/mol. The van der Waals surface area contributed by atoms with Crippen LogP contribution in [0.3, 0.4) is 0 Å². The monoisotopic (exact) mass is 350 g/mol. The first-order valence-corrected chi connectivity index (χ1v) is 8.50. The highest BCUT2D eigenvalue weighted by atomic mass is 16.2. The van der Waals surface area contributed by atoms with Crippen LogP contribution in [0.4, 0.5) is 0 Å². The van der Waals surface area contributed by atoms with E-state index < -0.39 is 6.04 Å². The molecule has 1 aliphatic heterocycles. The van der Waals surface area contributed by atoms with Gasteiger partial charge in [0.05, 0.1) is 5.52 Å². The molecule has 26 heavy (non-hydrogen) atoms. The third kappa shape index (κ3) is 2.71. The maximum atomic E-state index is 12.4. The summed E-state index contributed by atoms with van der Waals surface area (Å²) in [6.07, 6.45) is 2.46. The summed E-state index contributed by atoms with van der Waals surface area (Å²) in [5.74, 6) is -0.622. The predicted octanol–water partition coefficient (Wildman–Crippen LogP) is 1.80. The summed E-state index contributed by atoms with van der Waals surface area (Å²) in [5.41, 5.74) is 2.58. The van der Waals surface area contributed by atoms with Crippen molar-refractivity contribution in [2.75, 3.05) is 0 Å². The molecule has 2 N–H and O–H groups in total. The van der Waals surface area contributed by atoms with Crippen LogP contribution in [0.15, 0.2) is 36.5 Å². The Labute approximate surface area is 149 Å². The molecule has 1 atom stereocenters. The van der Waals surface area contributed by atoms with Crippen LogP contribution in [-0.2, 0) is 20.9 Å². The number of carbonyl (C=O) groups excluding carboxylic acids is 3.